The highest BCUT2D eigenvalue weighted by molar-refractivity contribution is 5.54. The van der Waals surface area contributed by atoms with Crippen molar-refractivity contribution in [3.05, 3.63) is 41.5 Å². The summed E-state index contributed by atoms with van der Waals surface area (Å²) in [6.45, 7) is 5.59. The summed E-state index contributed by atoms with van der Waals surface area (Å²) in [5.74, 6) is 0. The summed E-state index contributed by atoms with van der Waals surface area (Å²) in [7, 11) is 0. The second kappa shape index (κ2) is 3.75. The highest BCUT2D eigenvalue weighted by Crippen LogP contribution is 2.12. The summed E-state index contributed by atoms with van der Waals surface area (Å²) in [6.07, 6.45) is 3.75. The third kappa shape index (κ3) is 3.43. The van der Waals surface area contributed by atoms with Crippen LogP contribution in [0.3, 0.4) is 0 Å². The first-order chi connectivity index (χ1) is 5.99. The maximum Gasteiger partial charge on any atom is 0.0774 e. The molecular weight excluding hydrogens is 160 g/mol. The maximum atomic E-state index is 9.48. The van der Waals surface area contributed by atoms with Crippen molar-refractivity contribution in [2.45, 2.75) is 26.4 Å². The molecule has 0 aliphatic heterocycles. The van der Waals surface area contributed by atoms with Gasteiger partial charge in [0.15, 0.2) is 0 Å². The quantitative estimate of drug-likeness (QED) is 0.734. The molecule has 0 spiro atoms. The average Bonchev–Trinajstić information content (AvgIpc) is 2.01. The van der Waals surface area contributed by atoms with Gasteiger partial charge < -0.3 is 5.11 Å². The molecule has 1 nitrogen and oxygen atoms in total. The third-order valence-electron chi connectivity index (χ3n) is 1.86. The monoisotopic (exact) mass is 176 g/mol. The minimum Gasteiger partial charge on any atom is -0.386 e. The summed E-state index contributed by atoms with van der Waals surface area (Å²) in [5, 5.41) is 9.48. The highest BCUT2D eigenvalue weighted by atomic mass is 16.3. The largest absolute Gasteiger partial charge is 0.386 e. The second-order valence-corrected chi connectivity index (χ2v) is 3.84. The molecule has 1 rings (SSSR count). The normalized spacial score (nSPS) is 12.3. The van der Waals surface area contributed by atoms with Crippen LogP contribution < -0.4 is 0 Å². The molecule has 0 amide bonds. The minimum absolute atomic E-state index is 0.734. The fourth-order valence-corrected chi connectivity index (χ4v) is 1.07. The number of benzene rings is 1. The van der Waals surface area contributed by atoms with Gasteiger partial charge in [-0.25, -0.2) is 0 Å². The van der Waals surface area contributed by atoms with E-state index < -0.39 is 5.60 Å². The first-order valence-corrected chi connectivity index (χ1v) is 4.46. The van der Waals surface area contributed by atoms with Gasteiger partial charge in [0, 0.05) is 0 Å². The third-order valence-corrected chi connectivity index (χ3v) is 1.86. The van der Waals surface area contributed by atoms with Crippen LogP contribution in [-0.4, -0.2) is 10.7 Å². The minimum atomic E-state index is -0.734. The van der Waals surface area contributed by atoms with Crippen LogP contribution in [0.2, 0.25) is 0 Å². The SMILES string of the molecule is Cc1ccccc1C=CC(C)(C)O. The fraction of sp³-hybridized carbons (Fsp3) is 0.333. The van der Waals surface area contributed by atoms with Crippen molar-refractivity contribution < 1.29 is 5.11 Å². The molecule has 13 heavy (non-hydrogen) atoms. The molecule has 0 aliphatic rings. The lowest BCUT2D eigenvalue weighted by Gasteiger charge is -2.10. The molecule has 0 radical (unpaired) electrons. The van der Waals surface area contributed by atoms with Crippen molar-refractivity contribution in [1.82, 2.24) is 0 Å². The van der Waals surface area contributed by atoms with Gasteiger partial charge in [-0.05, 0) is 31.9 Å². The van der Waals surface area contributed by atoms with E-state index in [1.807, 2.05) is 24.3 Å². The van der Waals surface area contributed by atoms with Crippen LogP contribution in [0.4, 0.5) is 0 Å². The van der Waals surface area contributed by atoms with Crippen LogP contribution >= 0.6 is 0 Å². The Bertz CT molecular complexity index is 305. The predicted octanol–water partition coefficient (Wildman–Crippen LogP) is 2.78. The molecule has 1 N–H and O–H groups in total. The topological polar surface area (TPSA) is 20.2 Å². The summed E-state index contributed by atoms with van der Waals surface area (Å²) in [5.41, 5.74) is 1.65. The van der Waals surface area contributed by atoms with Crippen molar-refractivity contribution in [2.75, 3.05) is 0 Å². The summed E-state index contributed by atoms with van der Waals surface area (Å²) in [6, 6.07) is 8.11. The molecule has 70 valence electrons. The van der Waals surface area contributed by atoms with E-state index in [1.165, 1.54) is 5.56 Å². The van der Waals surface area contributed by atoms with Gasteiger partial charge in [-0.2, -0.15) is 0 Å². The first kappa shape index (κ1) is 10.0. The number of aryl methyl sites for hydroxylation is 1. The molecular formula is C12H16O. The van der Waals surface area contributed by atoms with Gasteiger partial charge in [0.05, 0.1) is 5.60 Å². The zero-order valence-corrected chi connectivity index (χ0v) is 8.41. The molecule has 0 saturated carbocycles. The molecule has 0 unspecified atom stereocenters. The molecule has 0 atom stereocenters. The summed E-state index contributed by atoms with van der Waals surface area (Å²) >= 11 is 0. The standard InChI is InChI=1S/C12H16O/c1-10-6-4-5-7-11(10)8-9-12(2,3)13/h4-9,13H,1-3H3. The van der Waals surface area contributed by atoms with E-state index in [4.69, 9.17) is 0 Å². The Hall–Kier alpha value is -1.08. The van der Waals surface area contributed by atoms with E-state index in [1.54, 1.807) is 19.9 Å². The van der Waals surface area contributed by atoms with E-state index in [9.17, 15) is 5.11 Å². The molecule has 0 aliphatic carbocycles. The van der Waals surface area contributed by atoms with Gasteiger partial charge in [0.25, 0.3) is 0 Å². The average molecular weight is 176 g/mol. The molecule has 0 saturated heterocycles. The van der Waals surface area contributed by atoms with Crippen LogP contribution in [0, 0.1) is 6.92 Å². The van der Waals surface area contributed by atoms with Crippen LogP contribution in [0.25, 0.3) is 6.08 Å². The lowest BCUT2D eigenvalue weighted by atomic mass is 10.0. The highest BCUT2D eigenvalue weighted by Gasteiger charge is 2.05. The number of hydrogen-bond donors (Lipinski definition) is 1. The van der Waals surface area contributed by atoms with Crippen LogP contribution in [0.1, 0.15) is 25.0 Å². The maximum absolute atomic E-state index is 9.48. The molecule has 1 aromatic rings. The van der Waals surface area contributed by atoms with Gasteiger partial charge in [-0.3, -0.25) is 0 Å². The van der Waals surface area contributed by atoms with Crippen molar-refractivity contribution in [3.63, 3.8) is 0 Å². The van der Waals surface area contributed by atoms with Crippen molar-refractivity contribution >= 4 is 6.08 Å². The fourth-order valence-electron chi connectivity index (χ4n) is 1.07. The van der Waals surface area contributed by atoms with Crippen molar-refractivity contribution in [1.29, 1.82) is 0 Å². The number of hydrogen-bond acceptors (Lipinski definition) is 1. The Morgan fingerprint density at radius 1 is 1.23 bits per heavy atom. The molecule has 1 heteroatoms. The van der Waals surface area contributed by atoms with Crippen LogP contribution in [-0.2, 0) is 0 Å². The van der Waals surface area contributed by atoms with E-state index in [0.717, 1.165) is 5.56 Å². The van der Waals surface area contributed by atoms with E-state index in [-0.39, 0.29) is 0 Å². The molecule has 0 fully saturated rings. The Morgan fingerprint density at radius 3 is 2.38 bits per heavy atom. The van der Waals surface area contributed by atoms with E-state index in [2.05, 4.69) is 13.0 Å². The van der Waals surface area contributed by atoms with E-state index >= 15 is 0 Å². The first-order valence-electron chi connectivity index (χ1n) is 4.46. The zero-order chi connectivity index (χ0) is 9.90. The second-order valence-electron chi connectivity index (χ2n) is 3.84. The van der Waals surface area contributed by atoms with E-state index in [0.29, 0.717) is 0 Å². The molecule has 1 aromatic carbocycles. The Labute approximate surface area is 79.7 Å². The smallest absolute Gasteiger partial charge is 0.0774 e. The number of rotatable bonds is 2. The predicted molar refractivity (Wildman–Crippen MR) is 56.5 cm³/mol. The lowest BCUT2D eigenvalue weighted by molar-refractivity contribution is 0.134. The molecule has 0 aromatic heterocycles. The van der Waals surface area contributed by atoms with Crippen LogP contribution in [0.15, 0.2) is 30.3 Å². The van der Waals surface area contributed by atoms with Gasteiger partial charge in [0.2, 0.25) is 0 Å². The van der Waals surface area contributed by atoms with Gasteiger partial charge >= 0.3 is 0 Å². The molecule has 0 bridgehead atoms. The molecule has 0 heterocycles. The van der Waals surface area contributed by atoms with Crippen molar-refractivity contribution in [2.24, 2.45) is 0 Å². The summed E-state index contributed by atoms with van der Waals surface area (Å²) in [4.78, 5) is 0. The summed E-state index contributed by atoms with van der Waals surface area (Å²) < 4.78 is 0. The van der Waals surface area contributed by atoms with Gasteiger partial charge in [-0.15, -0.1) is 0 Å². The Kier molecular flexibility index (Phi) is 2.89. The van der Waals surface area contributed by atoms with Crippen molar-refractivity contribution in [3.8, 4) is 0 Å². The zero-order valence-electron chi connectivity index (χ0n) is 8.41. The number of aliphatic hydroxyl groups is 1. The van der Waals surface area contributed by atoms with Gasteiger partial charge in [-0.1, -0.05) is 36.4 Å². The Balaban J connectivity index is 2.86. The lowest BCUT2D eigenvalue weighted by Crippen LogP contribution is -2.13. The van der Waals surface area contributed by atoms with Crippen LogP contribution in [0.5, 0.6) is 0 Å². The van der Waals surface area contributed by atoms with Gasteiger partial charge in [0.1, 0.15) is 0 Å². The Morgan fingerprint density at radius 2 is 1.85 bits per heavy atom.